The average molecular weight is 488 g/mol. The highest BCUT2D eigenvalue weighted by atomic mass is 127. The zero-order valence-corrected chi connectivity index (χ0v) is 20.0. The van der Waals surface area contributed by atoms with E-state index in [-0.39, 0.29) is 24.0 Å². The van der Waals surface area contributed by atoms with Crippen LogP contribution in [0.1, 0.15) is 46.1 Å². The summed E-state index contributed by atoms with van der Waals surface area (Å²) in [5.41, 5.74) is 1.20. The number of aliphatic imine (C=N–C) groups is 1. The summed E-state index contributed by atoms with van der Waals surface area (Å²) in [6, 6.07) is 9.23. The Labute approximate surface area is 182 Å². The highest BCUT2D eigenvalue weighted by Gasteiger charge is 2.31. The highest BCUT2D eigenvalue weighted by Crippen LogP contribution is 2.26. The van der Waals surface area contributed by atoms with Gasteiger partial charge in [-0.25, -0.2) is 0 Å². The van der Waals surface area contributed by atoms with Gasteiger partial charge in [-0.15, -0.1) is 24.0 Å². The lowest BCUT2D eigenvalue weighted by Gasteiger charge is -2.22. The van der Waals surface area contributed by atoms with E-state index in [1.807, 2.05) is 12.1 Å². The third kappa shape index (κ3) is 6.82. The van der Waals surface area contributed by atoms with Crippen LogP contribution in [0.2, 0.25) is 0 Å². The molecule has 0 radical (unpaired) electrons. The number of hydrogen-bond acceptors (Lipinski definition) is 3. The Morgan fingerprint density at radius 1 is 1.26 bits per heavy atom. The Morgan fingerprint density at radius 2 is 1.96 bits per heavy atom. The molecule has 1 fully saturated rings. The molecule has 0 amide bonds. The van der Waals surface area contributed by atoms with E-state index in [1.54, 1.807) is 7.11 Å². The molecule has 1 saturated heterocycles. The van der Waals surface area contributed by atoms with Crippen LogP contribution in [0.5, 0.6) is 5.75 Å². The van der Waals surface area contributed by atoms with E-state index < -0.39 is 0 Å². The molecule has 6 heteroatoms. The number of nitrogens with one attached hydrogen (secondary N) is 2. The van der Waals surface area contributed by atoms with Crippen LogP contribution in [0.3, 0.4) is 0 Å². The van der Waals surface area contributed by atoms with Crippen molar-refractivity contribution in [2.45, 2.75) is 52.6 Å². The third-order valence-electron chi connectivity index (χ3n) is 5.23. The lowest BCUT2D eigenvalue weighted by Crippen LogP contribution is -2.47. The predicted molar refractivity (Wildman–Crippen MR) is 126 cm³/mol. The van der Waals surface area contributed by atoms with Crippen LogP contribution in [0.4, 0.5) is 0 Å². The van der Waals surface area contributed by atoms with Gasteiger partial charge in [0, 0.05) is 44.2 Å². The predicted octanol–water partition coefficient (Wildman–Crippen LogP) is 3.70. The van der Waals surface area contributed by atoms with Gasteiger partial charge in [0.25, 0.3) is 0 Å². The molecule has 0 bridgehead atoms. The van der Waals surface area contributed by atoms with Crippen LogP contribution < -0.4 is 15.4 Å². The van der Waals surface area contributed by atoms with E-state index >= 15 is 0 Å². The molecule has 1 heterocycles. The van der Waals surface area contributed by atoms with Crippen molar-refractivity contribution >= 4 is 29.9 Å². The Kier molecular flexibility index (Phi) is 10.4. The number of ether oxygens (including phenoxy) is 1. The number of halogens is 1. The zero-order chi connectivity index (χ0) is 19.1. The second-order valence-electron chi connectivity index (χ2n) is 7.64. The summed E-state index contributed by atoms with van der Waals surface area (Å²) >= 11 is 0. The Balaban J connectivity index is 0.00000364. The van der Waals surface area contributed by atoms with Crippen molar-refractivity contribution < 1.29 is 4.74 Å². The van der Waals surface area contributed by atoms with Crippen molar-refractivity contribution in [3.05, 3.63) is 29.8 Å². The molecular formula is C21H37IN4O. The molecule has 0 spiro atoms. The maximum absolute atomic E-state index is 5.49. The van der Waals surface area contributed by atoms with Gasteiger partial charge in [0.1, 0.15) is 5.75 Å². The fourth-order valence-electron chi connectivity index (χ4n) is 3.51. The lowest BCUT2D eigenvalue weighted by molar-refractivity contribution is 0.265. The number of guanidine groups is 1. The van der Waals surface area contributed by atoms with E-state index in [0.29, 0.717) is 23.9 Å². The zero-order valence-electron chi connectivity index (χ0n) is 17.7. The summed E-state index contributed by atoms with van der Waals surface area (Å²) in [4.78, 5) is 7.38. The molecule has 27 heavy (non-hydrogen) atoms. The molecule has 3 unspecified atom stereocenters. The minimum Gasteiger partial charge on any atom is -0.496 e. The van der Waals surface area contributed by atoms with E-state index in [2.05, 4.69) is 62.3 Å². The minimum absolute atomic E-state index is 0. The van der Waals surface area contributed by atoms with Crippen LogP contribution in [0, 0.1) is 5.92 Å². The lowest BCUT2D eigenvalue weighted by atomic mass is 10.0. The van der Waals surface area contributed by atoms with Crippen molar-refractivity contribution in [2.24, 2.45) is 10.9 Å². The van der Waals surface area contributed by atoms with E-state index in [4.69, 9.17) is 9.73 Å². The molecule has 1 aromatic carbocycles. The normalized spacial score (nSPS) is 21.7. The molecule has 2 N–H and O–H groups in total. The van der Waals surface area contributed by atoms with Crippen LogP contribution in [0.15, 0.2) is 29.3 Å². The highest BCUT2D eigenvalue weighted by molar-refractivity contribution is 14.0. The Morgan fingerprint density at radius 3 is 2.56 bits per heavy atom. The number of rotatable bonds is 7. The van der Waals surface area contributed by atoms with Crippen LogP contribution in [0.25, 0.3) is 0 Å². The summed E-state index contributed by atoms with van der Waals surface area (Å²) in [6.07, 6.45) is 0. The van der Waals surface area contributed by atoms with Crippen LogP contribution >= 0.6 is 24.0 Å². The number of methoxy groups -OCH3 is 1. The largest absolute Gasteiger partial charge is 0.496 e. The molecule has 0 aromatic heterocycles. The van der Waals surface area contributed by atoms with Gasteiger partial charge in [0.15, 0.2) is 5.96 Å². The molecule has 154 valence electrons. The molecule has 0 saturated carbocycles. The smallest absolute Gasteiger partial charge is 0.191 e. The van der Waals surface area contributed by atoms with Crippen molar-refractivity contribution in [1.29, 1.82) is 0 Å². The van der Waals surface area contributed by atoms with E-state index in [0.717, 1.165) is 37.9 Å². The molecular weight excluding hydrogens is 451 g/mol. The fourth-order valence-corrected chi connectivity index (χ4v) is 3.51. The Bertz CT molecular complexity index is 593. The number of nitrogens with zero attached hydrogens (tertiary/aromatic N) is 2. The Hall–Kier alpha value is -1.02. The molecule has 5 nitrogen and oxygen atoms in total. The van der Waals surface area contributed by atoms with Gasteiger partial charge in [-0.05, 0) is 38.3 Å². The second kappa shape index (κ2) is 11.7. The van der Waals surface area contributed by atoms with Crippen molar-refractivity contribution in [3.8, 4) is 5.75 Å². The maximum atomic E-state index is 5.49. The quantitative estimate of drug-likeness (QED) is 0.349. The van der Waals surface area contributed by atoms with Gasteiger partial charge < -0.3 is 15.4 Å². The standard InChI is InChI=1S/C21H36N4O.HI/c1-7-22-21(24-19-14-25(15(2)3)13-17(19)5)23-12-16(4)18-10-8-9-11-20(18)26-6;/h8-11,15-17,19H,7,12-14H2,1-6H3,(H2,22,23,24);1H. The molecule has 1 aromatic rings. The van der Waals surface area contributed by atoms with Crippen LogP contribution in [-0.2, 0) is 0 Å². The molecule has 2 rings (SSSR count). The summed E-state index contributed by atoms with van der Waals surface area (Å²) in [6.45, 7) is 15.0. The number of benzene rings is 1. The van der Waals surface area contributed by atoms with Gasteiger partial charge in [0.05, 0.1) is 7.11 Å². The summed E-state index contributed by atoms with van der Waals surface area (Å²) in [7, 11) is 1.72. The van der Waals surface area contributed by atoms with Gasteiger partial charge in [-0.2, -0.15) is 0 Å². The molecule has 1 aliphatic heterocycles. The van der Waals surface area contributed by atoms with Crippen LogP contribution in [-0.4, -0.2) is 56.2 Å². The third-order valence-corrected chi connectivity index (χ3v) is 5.23. The van der Waals surface area contributed by atoms with Gasteiger partial charge in [0.2, 0.25) is 0 Å². The van der Waals surface area contributed by atoms with Gasteiger partial charge >= 0.3 is 0 Å². The summed E-state index contributed by atoms with van der Waals surface area (Å²) in [5, 5.41) is 7.05. The maximum Gasteiger partial charge on any atom is 0.191 e. The first-order valence-electron chi connectivity index (χ1n) is 9.88. The SMILES string of the molecule is CCNC(=NCC(C)c1ccccc1OC)NC1CN(C(C)C)CC1C.I. The van der Waals surface area contributed by atoms with Crippen molar-refractivity contribution in [2.75, 3.05) is 33.3 Å². The first-order chi connectivity index (χ1) is 12.5. The monoisotopic (exact) mass is 488 g/mol. The summed E-state index contributed by atoms with van der Waals surface area (Å²) in [5.74, 6) is 2.77. The van der Waals surface area contributed by atoms with Crippen molar-refractivity contribution in [3.63, 3.8) is 0 Å². The fraction of sp³-hybridized carbons (Fsp3) is 0.667. The average Bonchev–Trinajstić information content (AvgIpc) is 3.00. The molecule has 1 aliphatic rings. The first kappa shape index (κ1) is 24.0. The van der Waals surface area contributed by atoms with Gasteiger partial charge in [-0.3, -0.25) is 9.89 Å². The van der Waals surface area contributed by atoms with E-state index in [1.165, 1.54) is 5.56 Å². The molecule has 0 aliphatic carbocycles. The second-order valence-corrected chi connectivity index (χ2v) is 7.64. The number of hydrogen-bond donors (Lipinski definition) is 2. The van der Waals surface area contributed by atoms with E-state index in [9.17, 15) is 0 Å². The number of para-hydroxylation sites is 1. The van der Waals surface area contributed by atoms with Crippen molar-refractivity contribution in [1.82, 2.24) is 15.5 Å². The van der Waals surface area contributed by atoms with Gasteiger partial charge in [-0.1, -0.05) is 32.0 Å². The molecule has 3 atom stereocenters. The topological polar surface area (TPSA) is 48.9 Å². The first-order valence-corrected chi connectivity index (χ1v) is 9.88. The minimum atomic E-state index is 0. The summed E-state index contributed by atoms with van der Waals surface area (Å²) < 4.78 is 5.49. The number of likely N-dealkylation sites (tertiary alicyclic amines) is 1.